The summed E-state index contributed by atoms with van der Waals surface area (Å²) in [4.78, 5) is 0. The molecule has 0 fully saturated rings. The molecule has 0 amide bonds. The molecule has 0 aliphatic heterocycles. The number of rotatable bonds is 8. The lowest BCUT2D eigenvalue weighted by Crippen LogP contribution is -2.53. The highest BCUT2D eigenvalue weighted by atomic mass is 16.4. The van der Waals surface area contributed by atoms with Crippen LogP contribution in [-0.2, 0) is 0 Å². The van der Waals surface area contributed by atoms with Gasteiger partial charge in [0.1, 0.15) is 5.84 Å². The van der Waals surface area contributed by atoms with Crippen molar-refractivity contribution in [2.75, 3.05) is 6.61 Å². The highest BCUT2D eigenvalue weighted by Crippen LogP contribution is 2.17. The van der Waals surface area contributed by atoms with E-state index in [-0.39, 0.29) is 24.0 Å². The van der Waals surface area contributed by atoms with Gasteiger partial charge in [0, 0.05) is 18.0 Å². The first-order valence-corrected chi connectivity index (χ1v) is 5.92. The molecule has 0 saturated carbocycles. The van der Waals surface area contributed by atoms with Crippen molar-refractivity contribution in [1.29, 1.82) is 0 Å². The third-order valence-corrected chi connectivity index (χ3v) is 3.24. The predicted octanol–water partition coefficient (Wildman–Crippen LogP) is 1.04. The molecule has 0 aromatic rings. The van der Waals surface area contributed by atoms with Gasteiger partial charge in [0.2, 0.25) is 0 Å². The minimum atomic E-state index is -0.254. The van der Waals surface area contributed by atoms with Gasteiger partial charge in [0.05, 0.1) is 6.61 Å². The lowest BCUT2D eigenvalue weighted by molar-refractivity contribution is 0.137. The average Bonchev–Trinajstić information content (AvgIpc) is 2.34. The molecule has 0 saturated heterocycles. The number of aliphatic hydroxyl groups is 1. The zero-order valence-electron chi connectivity index (χ0n) is 10.5. The first-order chi connectivity index (χ1) is 7.57. The van der Waals surface area contributed by atoms with Crippen LogP contribution in [0.25, 0.3) is 0 Å². The van der Waals surface area contributed by atoms with E-state index in [0.29, 0.717) is 6.42 Å². The summed E-state index contributed by atoms with van der Waals surface area (Å²) in [5.74, 6) is 0.221. The zero-order chi connectivity index (χ0) is 12.6. The lowest BCUT2D eigenvalue weighted by Gasteiger charge is -2.35. The molecule has 0 aromatic carbocycles. The third kappa shape index (κ3) is 4.37. The molecule has 16 heavy (non-hydrogen) atoms. The molecule has 96 valence electrons. The van der Waals surface area contributed by atoms with Gasteiger partial charge in [-0.05, 0) is 19.3 Å². The van der Waals surface area contributed by atoms with Gasteiger partial charge in [-0.15, -0.1) is 0 Å². The van der Waals surface area contributed by atoms with Crippen LogP contribution >= 0.6 is 0 Å². The first kappa shape index (κ1) is 15.2. The quantitative estimate of drug-likeness (QED) is 0.217. The second-order valence-electron chi connectivity index (χ2n) is 4.19. The maximum absolute atomic E-state index is 9.44. The Balaban J connectivity index is 4.49. The summed E-state index contributed by atoms with van der Waals surface area (Å²) in [6, 6.07) is 0.128. The van der Waals surface area contributed by atoms with Crippen molar-refractivity contribution in [2.24, 2.45) is 10.9 Å². The molecule has 0 aliphatic rings. The van der Waals surface area contributed by atoms with E-state index < -0.39 is 0 Å². The Morgan fingerprint density at radius 3 is 2.25 bits per heavy atom. The number of hydrogen-bond acceptors (Lipinski definition) is 4. The molecule has 1 unspecified atom stereocenters. The second-order valence-corrected chi connectivity index (χ2v) is 4.19. The van der Waals surface area contributed by atoms with Crippen LogP contribution in [0.2, 0.25) is 0 Å². The molecule has 0 spiro atoms. The zero-order valence-corrected chi connectivity index (χ0v) is 10.5. The lowest BCUT2D eigenvalue weighted by atomic mass is 9.91. The number of amidine groups is 1. The predicted molar refractivity (Wildman–Crippen MR) is 65.6 cm³/mol. The summed E-state index contributed by atoms with van der Waals surface area (Å²) in [7, 11) is 0. The topological polar surface area (TPSA) is 90.9 Å². The second kappa shape index (κ2) is 7.46. The smallest absolute Gasteiger partial charge is 0.140 e. The molecule has 5 nitrogen and oxygen atoms in total. The summed E-state index contributed by atoms with van der Waals surface area (Å²) in [6.45, 7) is 6.23. The van der Waals surface area contributed by atoms with Crippen LogP contribution in [0.15, 0.2) is 5.16 Å². The van der Waals surface area contributed by atoms with E-state index in [4.69, 9.17) is 10.9 Å². The van der Waals surface area contributed by atoms with Crippen LogP contribution in [0.3, 0.4) is 0 Å². The van der Waals surface area contributed by atoms with Crippen molar-refractivity contribution >= 4 is 5.84 Å². The molecule has 0 heterocycles. The molecule has 0 aromatic heterocycles. The number of oxime groups is 1. The van der Waals surface area contributed by atoms with Gasteiger partial charge in [-0.25, -0.2) is 0 Å². The molecule has 0 bridgehead atoms. The number of hydrogen-bond donors (Lipinski definition) is 4. The largest absolute Gasteiger partial charge is 0.409 e. The van der Waals surface area contributed by atoms with Crippen molar-refractivity contribution < 1.29 is 10.3 Å². The fourth-order valence-electron chi connectivity index (χ4n) is 1.75. The first-order valence-electron chi connectivity index (χ1n) is 5.92. The fraction of sp³-hybridized carbons (Fsp3) is 0.909. The van der Waals surface area contributed by atoms with Crippen LogP contribution in [0.1, 0.15) is 46.5 Å². The van der Waals surface area contributed by atoms with E-state index in [2.05, 4.69) is 10.5 Å². The standard InChI is InChI=1S/C11H25N3O2/c1-4-9(7-10(12)14-16)13-11(5-2,6-3)8-15/h9,13,15-16H,4-8H2,1-3H3,(H2,12,14). The van der Waals surface area contributed by atoms with Crippen LogP contribution in [0, 0.1) is 0 Å². The van der Waals surface area contributed by atoms with E-state index in [1.165, 1.54) is 0 Å². The van der Waals surface area contributed by atoms with Crippen LogP contribution in [0.4, 0.5) is 0 Å². The minimum absolute atomic E-state index is 0.104. The Hall–Kier alpha value is -0.810. The summed E-state index contributed by atoms with van der Waals surface area (Å²) in [6.07, 6.45) is 3.08. The maximum atomic E-state index is 9.44. The van der Waals surface area contributed by atoms with E-state index in [1.807, 2.05) is 20.8 Å². The number of nitrogens with two attached hydrogens (primary N) is 1. The van der Waals surface area contributed by atoms with E-state index in [0.717, 1.165) is 19.3 Å². The van der Waals surface area contributed by atoms with Gasteiger partial charge in [-0.1, -0.05) is 25.9 Å². The fourth-order valence-corrected chi connectivity index (χ4v) is 1.75. The maximum Gasteiger partial charge on any atom is 0.140 e. The molecule has 0 rings (SSSR count). The Kier molecular flexibility index (Phi) is 7.08. The highest BCUT2D eigenvalue weighted by molar-refractivity contribution is 5.80. The Morgan fingerprint density at radius 1 is 1.38 bits per heavy atom. The SMILES string of the molecule is CCC(CC(N)=NO)NC(CC)(CC)CO. The normalized spacial score (nSPS) is 15.1. The monoisotopic (exact) mass is 231 g/mol. The number of nitrogens with zero attached hydrogens (tertiary/aromatic N) is 1. The molecule has 0 aliphatic carbocycles. The van der Waals surface area contributed by atoms with Gasteiger partial charge in [-0.2, -0.15) is 0 Å². The van der Waals surface area contributed by atoms with E-state index in [9.17, 15) is 5.11 Å². The van der Waals surface area contributed by atoms with Crippen molar-refractivity contribution in [1.82, 2.24) is 5.32 Å². The molecular formula is C11H25N3O2. The van der Waals surface area contributed by atoms with Gasteiger partial charge < -0.3 is 21.4 Å². The van der Waals surface area contributed by atoms with Crippen LogP contribution < -0.4 is 11.1 Å². The number of nitrogens with one attached hydrogen (secondary N) is 1. The summed E-state index contributed by atoms with van der Waals surface area (Å²) in [5, 5.41) is 24.4. The van der Waals surface area contributed by atoms with Crippen molar-refractivity contribution in [3.63, 3.8) is 0 Å². The summed E-state index contributed by atoms with van der Waals surface area (Å²) < 4.78 is 0. The van der Waals surface area contributed by atoms with Crippen molar-refractivity contribution in [2.45, 2.75) is 58.0 Å². The minimum Gasteiger partial charge on any atom is -0.409 e. The molecule has 5 N–H and O–H groups in total. The third-order valence-electron chi connectivity index (χ3n) is 3.24. The van der Waals surface area contributed by atoms with Gasteiger partial charge in [-0.3, -0.25) is 0 Å². The van der Waals surface area contributed by atoms with Gasteiger partial charge in [0.15, 0.2) is 0 Å². The van der Waals surface area contributed by atoms with Gasteiger partial charge >= 0.3 is 0 Å². The van der Waals surface area contributed by atoms with Crippen molar-refractivity contribution in [3.05, 3.63) is 0 Å². The Labute approximate surface area is 97.7 Å². The molecule has 5 heteroatoms. The summed E-state index contributed by atoms with van der Waals surface area (Å²) in [5.41, 5.74) is 5.24. The molecule has 1 atom stereocenters. The molecule has 0 radical (unpaired) electrons. The molecular weight excluding hydrogens is 206 g/mol. The van der Waals surface area contributed by atoms with E-state index in [1.54, 1.807) is 0 Å². The Morgan fingerprint density at radius 2 is 1.94 bits per heavy atom. The Bertz CT molecular complexity index is 207. The van der Waals surface area contributed by atoms with Crippen LogP contribution in [0.5, 0.6) is 0 Å². The average molecular weight is 231 g/mol. The van der Waals surface area contributed by atoms with Gasteiger partial charge in [0.25, 0.3) is 0 Å². The summed E-state index contributed by atoms with van der Waals surface area (Å²) >= 11 is 0. The van der Waals surface area contributed by atoms with Crippen LogP contribution in [-0.4, -0.2) is 34.3 Å². The van der Waals surface area contributed by atoms with E-state index >= 15 is 0 Å². The highest BCUT2D eigenvalue weighted by Gasteiger charge is 2.27. The van der Waals surface area contributed by atoms with Crippen molar-refractivity contribution in [3.8, 4) is 0 Å². The number of aliphatic hydroxyl groups excluding tert-OH is 1.